The van der Waals surface area contributed by atoms with Crippen LogP contribution in [-0.4, -0.2) is 23.1 Å². The van der Waals surface area contributed by atoms with E-state index >= 15 is 0 Å². The number of aromatic hydroxyl groups is 1. The summed E-state index contributed by atoms with van der Waals surface area (Å²) in [5, 5.41) is 19.0. The van der Waals surface area contributed by atoms with E-state index in [1.165, 1.54) is 19.3 Å². The number of aryl methyl sites for hydroxylation is 1. The number of methoxy groups -OCH3 is 1. The first kappa shape index (κ1) is 19.1. The Morgan fingerprint density at radius 3 is 2.19 bits per heavy atom. The summed E-state index contributed by atoms with van der Waals surface area (Å²) in [6.07, 6.45) is 6.05. The van der Waals surface area contributed by atoms with Gasteiger partial charge in [-0.05, 0) is 54.0 Å². The van der Waals surface area contributed by atoms with Gasteiger partial charge in [-0.1, -0.05) is 18.2 Å². The van der Waals surface area contributed by atoms with Crippen LogP contribution in [0.25, 0.3) is 12.2 Å². The normalized spacial score (nSPS) is 11.3. The second-order valence-corrected chi connectivity index (χ2v) is 5.79. The molecule has 0 saturated carbocycles. The predicted molar refractivity (Wildman–Crippen MR) is 104 cm³/mol. The Kier molecular flexibility index (Phi) is 6.03. The van der Waals surface area contributed by atoms with Gasteiger partial charge in [0.2, 0.25) is 0 Å². The van der Waals surface area contributed by atoms with Crippen molar-refractivity contribution in [3.63, 3.8) is 0 Å². The summed E-state index contributed by atoms with van der Waals surface area (Å²) >= 11 is 0. The molecular weight excluding hydrogens is 332 g/mol. The molecule has 0 spiro atoms. The van der Waals surface area contributed by atoms with Crippen molar-refractivity contribution in [2.75, 3.05) is 18.6 Å². The highest BCUT2D eigenvalue weighted by Crippen LogP contribution is 2.33. The van der Waals surface area contributed by atoms with Crippen LogP contribution in [0.5, 0.6) is 11.5 Å². The maximum atomic E-state index is 12.0. The minimum atomic E-state index is -0.224. The van der Waals surface area contributed by atoms with Crippen LogP contribution in [-0.2, 0) is 11.4 Å². The van der Waals surface area contributed by atoms with E-state index in [1.807, 2.05) is 13.0 Å². The molecule has 6 N–H and O–H groups in total. The number of ether oxygens (including phenoxy) is 1. The van der Waals surface area contributed by atoms with Crippen molar-refractivity contribution in [2.24, 2.45) is 0 Å². The smallest absolute Gasteiger partial charge is 0.181 e. The van der Waals surface area contributed by atoms with Gasteiger partial charge in [0.15, 0.2) is 17.3 Å². The number of benzene rings is 2. The molecule has 0 aliphatic carbocycles. The highest BCUT2D eigenvalue weighted by molar-refractivity contribution is 6.04. The van der Waals surface area contributed by atoms with E-state index in [1.54, 1.807) is 30.4 Å². The number of nitrogens with two attached hydrogens (primary N) is 2. The van der Waals surface area contributed by atoms with E-state index in [9.17, 15) is 15.0 Å². The Labute approximate surface area is 152 Å². The molecule has 0 bridgehead atoms. The van der Waals surface area contributed by atoms with Crippen molar-refractivity contribution < 1.29 is 19.7 Å². The standard InChI is InChI=1S/C20H22N2O4/c1-12-7-13(8-17(21)16(12)11-23)3-5-15(24)6-4-14-9-18(22)20(25)19(10-14)26-2/h3-10,23,25H,11,21-22H2,1-2H3/b5-3+,6-4+. The first-order valence-electron chi connectivity index (χ1n) is 7.92. The van der Waals surface area contributed by atoms with E-state index in [-0.39, 0.29) is 29.6 Å². The fraction of sp³-hybridized carbons (Fsp3) is 0.150. The van der Waals surface area contributed by atoms with Crippen LogP contribution in [0.3, 0.4) is 0 Å². The van der Waals surface area contributed by atoms with Crippen molar-refractivity contribution >= 4 is 29.3 Å². The molecule has 136 valence electrons. The molecule has 0 aliphatic heterocycles. The first-order chi connectivity index (χ1) is 12.3. The molecule has 2 aromatic carbocycles. The van der Waals surface area contributed by atoms with E-state index in [2.05, 4.69) is 0 Å². The lowest BCUT2D eigenvalue weighted by Crippen LogP contribution is -1.98. The number of allylic oxidation sites excluding steroid dienone is 2. The molecule has 0 atom stereocenters. The topological polar surface area (TPSA) is 119 Å². The maximum Gasteiger partial charge on any atom is 0.181 e. The van der Waals surface area contributed by atoms with Gasteiger partial charge in [-0.3, -0.25) is 4.79 Å². The molecular formula is C20H22N2O4. The first-order valence-corrected chi connectivity index (χ1v) is 7.92. The van der Waals surface area contributed by atoms with Gasteiger partial charge in [0.05, 0.1) is 19.4 Å². The van der Waals surface area contributed by atoms with Gasteiger partial charge in [-0.25, -0.2) is 0 Å². The summed E-state index contributed by atoms with van der Waals surface area (Å²) in [4.78, 5) is 12.0. The number of hydrogen-bond donors (Lipinski definition) is 4. The minimum absolute atomic E-state index is 0.122. The predicted octanol–water partition coefficient (Wildman–Crippen LogP) is 2.66. The molecule has 26 heavy (non-hydrogen) atoms. The van der Waals surface area contributed by atoms with Crippen molar-refractivity contribution in [1.82, 2.24) is 0 Å². The molecule has 0 saturated heterocycles. The van der Waals surface area contributed by atoms with Gasteiger partial charge >= 0.3 is 0 Å². The minimum Gasteiger partial charge on any atom is -0.503 e. The van der Waals surface area contributed by atoms with E-state index in [4.69, 9.17) is 16.2 Å². The van der Waals surface area contributed by atoms with E-state index < -0.39 is 0 Å². The number of ketones is 1. The van der Waals surface area contributed by atoms with Gasteiger partial charge in [-0.2, -0.15) is 0 Å². The van der Waals surface area contributed by atoms with Crippen molar-refractivity contribution in [2.45, 2.75) is 13.5 Å². The number of aliphatic hydroxyl groups excluding tert-OH is 1. The number of phenolic OH excluding ortho intramolecular Hbond substituents is 1. The molecule has 2 aromatic rings. The Hall–Kier alpha value is -3.25. The fourth-order valence-corrected chi connectivity index (χ4v) is 2.50. The lowest BCUT2D eigenvalue weighted by atomic mass is 10.0. The van der Waals surface area contributed by atoms with Gasteiger partial charge in [0, 0.05) is 11.3 Å². The number of rotatable bonds is 6. The average Bonchev–Trinajstić information content (AvgIpc) is 2.60. The second kappa shape index (κ2) is 8.22. The van der Waals surface area contributed by atoms with E-state index in [0.717, 1.165) is 11.1 Å². The molecule has 0 amide bonds. The van der Waals surface area contributed by atoms with Crippen LogP contribution in [0.2, 0.25) is 0 Å². The molecule has 0 fully saturated rings. The molecule has 0 heterocycles. The van der Waals surface area contributed by atoms with Crippen LogP contribution in [0.15, 0.2) is 36.4 Å². The van der Waals surface area contributed by atoms with Gasteiger partial charge in [0.1, 0.15) is 0 Å². The van der Waals surface area contributed by atoms with Crippen LogP contribution in [0, 0.1) is 6.92 Å². The molecule has 0 radical (unpaired) electrons. The molecule has 0 aromatic heterocycles. The quantitative estimate of drug-likeness (QED) is 0.360. The zero-order valence-electron chi connectivity index (χ0n) is 14.7. The molecule has 2 rings (SSSR count). The Morgan fingerprint density at radius 2 is 1.65 bits per heavy atom. The van der Waals surface area contributed by atoms with Crippen LogP contribution in [0.4, 0.5) is 11.4 Å². The molecule has 6 nitrogen and oxygen atoms in total. The Balaban J connectivity index is 2.15. The van der Waals surface area contributed by atoms with E-state index in [0.29, 0.717) is 16.8 Å². The number of aliphatic hydroxyl groups is 1. The number of hydrogen-bond acceptors (Lipinski definition) is 6. The number of nitrogen functional groups attached to an aromatic ring is 2. The molecule has 0 unspecified atom stereocenters. The number of phenols is 1. The van der Waals surface area contributed by atoms with Gasteiger partial charge in [-0.15, -0.1) is 0 Å². The monoisotopic (exact) mass is 354 g/mol. The zero-order valence-corrected chi connectivity index (χ0v) is 14.7. The van der Waals surface area contributed by atoms with Crippen LogP contribution >= 0.6 is 0 Å². The second-order valence-electron chi connectivity index (χ2n) is 5.79. The Morgan fingerprint density at radius 1 is 1.08 bits per heavy atom. The van der Waals surface area contributed by atoms with Crippen molar-refractivity contribution in [3.05, 3.63) is 58.7 Å². The number of anilines is 2. The van der Waals surface area contributed by atoms with Crippen molar-refractivity contribution in [3.8, 4) is 11.5 Å². The highest BCUT2D eigenvalue weighted by atomic mass is 16.5. The Bertz CT molecular complexity index is 863. The van der Waals surface area contributed by atoms with Gasteiger partial charge in [0.25, 0.3) is 0 Å². The van der Waals surface area contributed by atoms with Gasteiger partial charge < -0.3 is 26.4 Å². The zero-order chi connectivity index (χ0) is 19.3. The third kappa shape index (κ3) is 4.43. The summed E-state index contributed by atoms with van der Waals surface area (Å²) in [5.41, 5.74) is 15.2. The third-order valence-electron chi connectivity index (χ3n) is 3.91. The lowest BCUT2D eigenvalue weighted by Gasteiger charge is -2.08. The van der Waals surface area contributed by atoms with Crippen LogP contribution < -0.4 is 16.2 Å². The summed E-state index contributed by atoms with van der Waals surface area (Å²) < 4.78 is 5.03. The average molecular weight is 354 g/mol. The largest absolute Gasteiger partial charge is 0.503 e. The number of carbonyl (C=O) groups is 1. The summed E-state index contributed by atoms with van der Waals surface area (Å²) in [5.74, 6) is -0.115. The highest BCUT2D eigenvalue weighted by Gasteiger charge is 2.07. The summed E-state index contributed by atoms with van der Waals surface area (Å²) in [6, 6.07) is 6.68. The van der Waals surface area contributed by atoms with Crippen LogP contribution in [0.1, 0.15) is 22.3 Å². The molecule has 0 aliphatic rings. The maximum absolute atomic E-state index is 12.0. The van der Waals surface area contributed by atoms with Crippen molar-refractivity contribution in [1.29, 1.82) is 0 Å². The lowest BCUT2D eigenvalue weighted by molar-refractivity contribution is -0.110. The SMILES string of the molecule is COc1cc(/C=C/C(=O)/C=C/c2cc(C)c(CO)c(N)c2)cc(N)c1O. The summed E-state index contributed by atoms with van der Waals surface area (Å²) in [6.45, 7) is 1.73. The number of carbonyl (C=O) groups excluding carboxylic acids is 1. The fourth-order valence-electron chi connectivity index (χ4n) is 2.50. The third-order valence-corrected chi connectivity index (χ3v) is 3.91. The molecule has 6 heteroatoms. The summed E-state index contributed by atoms with van der Waals surface area (Å²) in [7, 11) is 1.42.